The van der Waals surface area contributed by atoms with Gasteiger partial charge in [-0.25, -0.2) is 4.98 Å². The molecule has 2 heterocycles. The number of hydrogen-bond donors (Lipinski definition) is 1. The summed E-state index contributed by atoms with van der Waals surface area (Å²) in [4.78, 5) is 17.5. The zero-order valence-corrected chi connectivity index (χ0v) is 10.00. The maximum atomic E-state index is 11.9. The predicted octanol–water partition coefficient (Wildman–Crippen LogP) is 0.976. The molecule has 2 rings (SSSR count). The Labute approximate surface area is 98.2 Å². The van der Waals surface area contributed by atoms with Crippen LogP contribution in [0.3, 0.4) is 0 Å². The molecule has 1 saturated heterocycles. The van der Waals surface area contributed by atoms with Crippen molar-refractivity contribution in [2.75, 3.05) is 25.9 Å². The average molecular weight is 241 g/mol. The van der Waals surface area contributed by atoms with E-state index in [4.69, 9.17) is 10.5 Å². The SMILES string of the molecule is CN(CC1CCCO1)C(=O)c1csc(N)n1. The zero-order valence-electron chi connectivity index (χ0n) is 9.18. The number of thiazole rings is 1. The van der Waals surface area contributed by atoms with Crippen molar-refractivity contribution in [3.63, 3.8) is 0 Å². The summed E-state index contributed by atoms with van der Waals surface area (Å²) >= 11 is 1.28. The fraction of sp³-hybridized carbons (Fsp3) is 0.600. The van der Waals surface area contributed by atoms with E-state index < -0.39 is 0 Å². The molecule has 1 atom stereocenters. The number of likely N-dealkylation sites (N-methyl/N-ethyl adjacent to an activating group) is 1. The van der Waals surface area contributed by atoms with Gasteiger partial charge in [-0.15, -0.1) is 11.3 Å². The summed E-state index contributed by atoms with van der Waals surface area (Å²) < 4.78 is 5.48. The molecule has 1 amide bonds. The maximum Gasteiger partial charge on any atom is 0.273 e. The van der Waals surface area contributed by atoms with Crippen molar-refractivity contribution in [2.24, 2.45) is 0 Å². The molecule has 6 heteroatoms. The third-order valence-electron chi connectivity index (χ3n) is 2.59. The molecule has 2 N–H and O–H groups in total. The Morgan fingerprint density at radius 2 is 2.62 bits per heavy atom. The van der Waals surface area contributed by atoms with Crippen LogP contribution in [0.4, 0.5) is 5.13 Å². The number of aromatic nitrogens is 1. The molecule has 0 spiro atoms. The molecule has 0 saturated carbocycles. The first-order valence-electron chi connectivity index (χ1n) is 5.25. The lowest BCUT2D eigenvalue weighted by molar-refractivity contribution is 0.0583. The van der Waals surface area contributed by atoms with Gasteiger partial charge in [-0.05, 0) is 12.8 Å². The van der Waals surface area contributed by atoms with E-state index in [2.05, 4.69) is 4.98 Å². The van der Waals surface area contributed by atoms with Crippen LogP contribution >= 0.6 is 11.3 Å². The molecule has 16 heavy (non-hydrogen) atoms. The second kappa shape index (κ2) is 4.80. The Morgan fingerprint density at radius 1 is 1.81 bits per heavy atom. The molecule has 0 bridgehead atoms. The fourth-order valence-corrected chi connectivity index (χ4v) is 2.30. The van der Waals surface area contributed by atoms with Crippen molar-refractivity contribution in [1.29, 1.82) is 0 Å². The van der Waals surface area contributed by atoms with Crippen molar-refractivity contribution in [1.82, 2.24) is 9.88 Å². The van der Waals surface area contributed by atoms with Gasteiger partial charge in [-0.2, -0.15) is 0 Å². The Kier molecular flexibility index (Phi) is 3.40. The molecule has 1 aromatic heterocycles. The summed E-state index contributed by atoms with van der Waals surface area (Å²) in [5.41, 5.74) is 5.91. The van der Waals surface area contributed by atoms with Gasteiger partial charge in [-0.3, -0.25) is 4.79 Å². The number of anilines is 1. The monoisotopic (exact) mass is 241 g/mol. The fourth-order valence-electron chi connectivity index (χ4n) is 1.76. The van der Waals surface area contributed by atoms with Crippen molar-refractivity contribution >= 4 is 22.4 Å². The second-order valence-electron chi connectivity index (χ2n) is 3.89. The van der Waals surface area contributed by atoms with Crippen LogP contribution in [0.25, 0.3) is 0 Å². The van der Waals surface area contributed by atoms with Crippen LogP contribution in [0.1, 0.15) is 23.3 Å². The second-order valence-corrected chi connectivity index (χ2v) is 4.78. The van der Waals surface area contributed by atoms with Gasteiger partial charge in [0.15, 0.2) is 5.13 Å². The van der Waals surface area contributed by atoms with Crippen LogP contribution in [0.5, 0.6) is 0 Å². The van der Waals surface area contributed by atoms with E-state index in [1.807, 2.05) is 0 Å². The number of nitrogen functional groups attached to an aromatic ring is 1. The van der Waals surface area contributed by atoms with E-state index >= 15 is 0 Å². The highest BCUT2D eigenvalue weighted by atomic mass is 32.1. The van der Waals surface area contributed by atoms with Gasteiger partial charge in [0, 0.05) is 25.6 Å². The number of hydrogen-bond acceptors (Lipinski definition) is 5. The highest BCUT2D eigenvalue weighted by Crippen LogP contribution is 2.16. The van der Waals surface area contributed by atoms with Crippen LogP contribution in [0, 0.1) is 0 Å². The Hall–Kier alpha value is -1.14. The topological polar surface area (TPSA) is 68.5 Å². The van der Waals surface area contributed by atoms with E-state index in [1.54, 1.807) is 17.3 Å². The van der Waals surface area contributed by atoms with Gasteiger partial charge in [0.2, 0.25) is 0 Å². The largest absolute Gasteiger partial charge is 0.376 e. The first-order chi connectivity index (χ1) is 7.66. The van der Waals surface area contributed by atoms with Crippen LogP contribution in [-0.4, -0.2) is 42.1 Å². The lowest BCUT2D eigenvalue weighted by Gasteiger charge is -2.19. The summed E-state index contributed by atoms with van der Waals surface area (Å²) in [6.07, 6.45) is 2.28. The minimum atomic E-state index is -0.0940. The molecule has 1 aliphatic rings. The standard InChI is InChI=1S/C10H15N3O2S/c1-13(5-7-3-2-4-15-7)9(14)8-6-16-10(11)12-8/h6-7H,2-5H2,1H3,(H2,11,12). The van der Waals surface area contributed by atoms with Crippen molar-refractivity contribution in [3.05, 3.63) is 11.1 Å². The van der Waals surface area contributed by atoms with Gasteiger partial charge in [0.1, 0.15) is 5.69 Å². The summed E-state index contributed by atoms with van der Waals surface area (Å²) in [6.45, 7) is 1.42. The van der Waals surface area contributed by atoms with Crippen LogP contribution in [0.2, 0.25) is 0 Å². The van der Waals surface area contributed by atoms with Crippen LogP contribution in [0.15, 0.2) is 5.38 Å². The van der Waals surface area contributed by atoms with Gasteiger partial charge < -0.3 is 15.4 Å². The number of ether oxygens (including phenoxy) is 1. The number of amides is 1. The lowest BCUT2D eigenvalue weighted by atomic mass is 10.2. The van der Waals surface area contributed by atoms with Gasteiger partial charge >= 0.3 is 0 Å². The van der Waals surface area contributed by atoms with Crippen LogP contribution < -0.4 is 5.73 Å². The van der Waals surface area contributed by atoms with Gasteiger partial charge in [0.05, 0.1) is 6.10 Å². The summed E-state index contributed by atoms with van der Waals surface area (Å²) in [7, 11) is 1.76. The summed E-state index contributed by atoms with van der Waals surface area (Å²) in [5.74, 6) is -0.0940. The van der Waals surface area contributed by atoms with Crippen molar-refractivity contribution < 1.29 is 9.53 Å². The van der Waals surface area contributed by atoms with Crippen molar-refractivity contribution in [2.45, 2.75) is 18.9 Å². The van der Waals surface area contributed by atoms with E-state index in [-0.39, 0.29) is 12.0 Å². The third kappa shape index (κ3) is 2.51. The normalized spacial score (nSPS) is 19.9. The quantitative estimate of drug-likeness (QED) is 0.856. The number of rotatable bonds is 3. The van der Waals surface area contributed by atoms with E-state index in [0.29, 0.717) is 17.4 Å². The predicted molar refractivity (Wildman–Crippen MR) is 62.5 cm³/mol. The number of nitrogens with zero attached hydrogens (tertiary/aromatic N) is 2. The van der Waals surface area contributed by atoms with E-state index in [0.717, 1.165) is 19.4 Å². The molecular formula is C10H15N3O2S. The summed E-state index contributed by atoms with van der Waals surface area (Å²) in [5, 5.41) is 2.11. The molecule has 1 aromatic rings. The molecule has 5 nitrogen and oxygen atoms in total. The average Bonchev–Trinajstić information content (AvgIpc) is 2.88. The minimum Gasteiger partial charge on any atom is -0.376 e. The maximum absolute atomic E-state index is 11.9. The highest BCUT2D eigenvalue weighted by Gasteiger charge is 2.21. The first-order valence-corrected chi connectivity index (χ1v) is 6.13. The zero-order chi connectivity index (χ0) is 11.5. The van der Waals surface area contributed by atoms with Gasteiger partial charge in [-0.1, -0.05) is 0 Å². The molecule has 0 aromatic carbocycles. The Bertz CT molecular complexity index is 374. The molecular weight excluding hydrogens is 226 g/mol. The van der Waals surface area contributed by atoms with E-state index in [9.17, 15) is 4.79 Å². The Morgan fingerprint density at radius 3 is 3.19 bits per heavy atom. The molecule has 88 valence electrons. The molecule has 1 unspecified atom stereocenters. The molecule has 1 fully saturated rings. The molecule has 0 radical (unpaired) electrons. The lowest BCUT2D eigenvalue weighted by Crippen LogP contribution is -2.34. The Balaban J connectivity index is 1.93. The number of nitrogens with two attached hydrogens (primary N) is 1. The number of carbonyl (C=O) groups excluding carboxylic acids is 1. The van der Waals surface area contributed by atoms with Crippen molar-refractivity contribution in [3.8, 4) is 0 Å². The first kappa shape index (κ1) is 11.3. The minimum absolute atomic E-state index is 0.0940. The number of carbonyl (C=O) groups is 1. The highest BCUT2D eigenvalue weighted by molar-refractivity contribution is 7.13. The third-order valence-corrected chi connectivity index (χ3v) is 3.26. The molecule has 1 aliphatic heterocycles. The molecule has 0 aliphatic carbocycles. The summed E-state index contributed by atoms with van der Waals surface area (Å²) in [6, 6.07) is 0. The smallest absolute Gasteiger partial charge is 0.273 e. The van der Waals surface area contributed by atoms with E-state index in [1.165, 1.54) is 11.3 Å². The van der Waals surface area contributed by atoms with Crippen LogP contribution in [-0.2, 0) is 4.74 Å². The van der Waals surface area contributed by atoms with Gasteiger partial charge in [0.25, 0.3) is 5.91 Å².